The van der Waals surface area contributed by atoms with Gasteiger partial charge in [0, 0.05) is 34.8 Å². The van der Waals surface area contributed by atoms with Crippen molar-refractivity contribution in [3.05, 3.63) is 42.5 Å². The monoisotopic (exact) mass is 354 g/mol. The Bertz CT molecular complexity index is 950. The molecule has 7 heteroatoms. The number of benzene rings is 1. The van der Waals surface area contributed by atoms with Gasteiger partial charge in [0.25, 0.3) is 0 Å². The largest absolute Gasteiger partial charge is 0.507 e. The van der Waals surface area contributed by atoms with E-state index in [4.69, 9.17) is 0 Å². The molecule has 1 aliphatic rings. The summed E-state index contributed by atoms with van der Waals surface area (Å²) in [6, 6.07) is 5.51. The number of rotatable bonds is 3. The molecule has 0 amide bonds. The molecule has 1 unspecified atom stereocenters. The minimum atomic E-state index is -0.519. The van der Waals surface area contributed by atoms with Crippen LogP contribution in [0.5, 0.6) is 5.75 Å². The van der Waals surface area contributed by atoms with E-state index in [0.29, 0.717) is 17.1 Å². The summed E-state index contributed by atoms with van der Waals surface area (Å²) in [6.45, 7) is 0. The molecule has 26 heavy (non-hydrogen) atoms. The molecule has 134 valence electrons. The highest BCUT2D eigenvalue weighted by atomic mass is 19.1. The maximum Gasteiger partial charge on any atom is 0.158 e. The molecule has 1 aliphatic carbocycles. The molecular weight excluding hydrogens is 335 g/mol. The number of hydrogen-bond donors (Lipinski definition) is 3. The van der Waals surface area contributed by atoms with Gasteiger partial charge < -0.3 is 15.5 Å². The third-order valence-electron chi connectivity index (χ3n) is 4.85. The normalized spacial score (nSPS) is 20.2. The number of aromatic nitrogens is 3. The van der Waals surface area contributed by atoms with Gasteiger partial charge in [0.1, 0.15) is 17.3 Å². The predicted octanol–water partition coefficient (Wildman–Crippen LogP) is 3.25. The summed E-state index contributed by atoms with van der Waals surface area (Å²) in [5.74, 6) is -0.167. The van der Waals surface area contributed by atoms with Crippen molar-refractivity contribution in [2.45, 2.75) is 37.8 Å². The van der Waals surface area contributed by atoms with Gasteiger partial charge in [-0.3, -0.25) is 4.98 Å². The molecule has 1 saturated carbocycles. The fourth-order valence-electron chi connectivity index (χ4n) is 3.46. The lowest BCUT2D eigenvalue weighted by Crippen LogP contribution is -2.36. The van der Waals surface area contributed by atoms with E-state index in [2.05, 4.69) is 20.5 Å². The van der Waals surface area contributed by atoms with Gasteiger partial charge in [-0.25, -0.2) is 4.39 Å². The highest BCUT2D eigenvalue weighted by Gasteiger charge is 2.24. The van der Waals surface area contributed by atoms with E-state index in [1.165, 1.54) is 12.1 Å². The lowest BCUT2D eigenvalue weighted by Gasteiger charge is -2.29. The van der Waals surface area contributed by atoms with Crippen molar-refractivity contribution in [3.63, 3.8) is 0 Å². The Kier molecular flexibility index (Phi) is 4.38. The minimum Gasteiger partial charge on any atom is -0.507 e. The summed E-state index contributed by atoms with van der Waals surface area (Å²) >= 11 is 0. The van der Waals surface area contributed by atoms with Crippen LogP contribution in [0.15, 0.2) is 36.7 Å². The SMILES string of the molecule is Oc1cc(F)ccc1-c1nnc(NC2CCCC[C@H]2O)c2cnccc12. The number of nitrogens with zero attached hydrogens (tertiary/aromatic N) is 3. The Morgan fingerprint density at radius 1 is 1.08 bits per heavy atom. The van der Waals surface area contributed by atoms with E-state index >= 15 is 0 Å². The minimum absolute atomic E-state index is 0.0773. The molecule has 1 aromatic carbocycles. The Hall–Kier alpha value is -2.80. The van der Waals surface area contributed by atoms with Gasteiger partial charge in [0.05, 0.1) is 12.1 Å². The number of anilines is 1. The Morgan fingerprint density at radius 3 is 2.73 bits per heavy atom. The fraction of sp³-hybridized carbons (Fsp3) is 0.316. The highest BCUT2D eigenvalue weighted by molar-refractivity contribution is 6.00. The molecule has 0 saturated heterocycles. The Labute approximate surface area is 149 Å². The third kappa shape index (κ3) is 3.06. The molecule has 2 heterocycles. The zero-order valence-electron chi connectivity index (χ0n) is 14.1. The highest BCUT2D eigenvalue weighted by Crippen LogP contribution is 2.35. The second-order valence-electron chi connectivity index (χ2n) is 6.58. The van der Waals surface area contributed by atoms with E-state index in [9.17, 15) is 14.6 Å². The number of halogens is 1. The molecule has 3 aromatic rings. The predicted molar refractivity (Wildman–Crippen MR) is 96.3 cm³/mol. The van der Waals surface area contributed by atoms with Gasteiger partial charge >= 0.3 is 0 Å². The zero-order valence-corrected chi connectivity index (χ0v) is 14.1. The number of aromatic hydroxyl groups is 1. The maximum atomic E-state index is 13.3. The summed E-state index contributed by atoms with van der Waals surface area (Å²) in [7, 11) is 0. The van der Waals surface area contributed by atoms with E-state index < -0.39 is 11.9 Å². The average molecular weight is 354 g/mol. The summed E-state index contributed by atoms with van der Waals surface area (Å²) in [6.07, 6.45) is 6.60. The number of pyridine rings is 1. The first-order valence-corrected chi connectivity index (χ1v) is 8.67. The molecule has 0 spiro atoms. The van der Waals surface area contributed by atoms with Crippen LogP contribution in [0.3, 0.4) is 0 Å². The first-order chi connectivity index (χ1) is 12.6. The average Bonchev–Trinajstić information content (AvgIpc) is 2.64. The molecule has 2 atom stereocenters. The van der Waals surface area contributed by atoms with Crippen LogP contribution in [0, 0.1) is 5.82 Å². The van der Waals surface area contributed by atoms with Crippen molar-refractivity contribution in [2.75, 3.05) is 5.32 Å². The number of hydrogen-bond acceptors (Lipinski definition) is 6. The molecule has 4 rings (SSSR count). The molecule has 3 N–H and O–H groups in total. The van der Waals surface area contributed by atoms with Gasteiger partial charge in [0.15, 0.2) is 5.82 Å². The first kappa shape index (κ1) is 16.7. The van der Waals surface area contributed by atoms with Crippen LogP contribution >= 0.6 is 0 Å². The van der Waals surface area contributed by atoms with Crippen molar-refractivity contribution in [2.24, 2.45) is 0 Å². The summed E-state index contributed by atoms with van der Waals surface area (Å²) in [5.41, 5.74) is 0.856. The topological polar surface area (TPSA) is 91.2 Å². The van der Waals surface area contributed by atoms with E-state index in [-0.39, 0.29) is 11.8 Å². The van der Waals surface area contributed by atoms with Crippen molar-refractivity contribution in [3.8, 4) is 17.0 Å². The smallest absolute Gasteiger partial charge is 0.158 e. The van der Waals surface area contributed by atoms with Gasteiger partial charge in [-0.05, 0) is 31.0 Å². The zero-order chi connectivity index (χ0) is 18.1. The van der Waals surface area contributed by atoms with Crippen molar-refractivity contribution < 1.29 is 14.6 Å². The number of aliphatic hydroxyl groups is 1. The van der Waals surface area contributed by atoms with E-state index in [1.54, 1.807) is 18.5 Å². The van der Waals surface area contributed by atoms with Crippen LogP contribution in [-0.2, 0) is 0 Å². The molecule has 0 bridgehead atoms. The number of phenols is 1. The van der Waals surface area contributed by atoms with Crippen molar-refractivity contribution >= 4 is 16.6 Å². The van der Waals surface area contributed by atoms with Crippen LogP contribution in [-0.4, -0.2) is 37.5 Å². The summed E-state index contributed by atoms with van der Waals surface area (Å²) < 4.78 is 13.3. The van der Waals surface area contributed by atoms with Crippen molar-refractivity contribution in [1.82, 2.24) is 15.2 Å². The maximum absolute atomic E-state index is 13.3. The van der Waals surface area contributed by atoms with Crippen LogP contribution in [0.4, 0.5) is 10.2 Å². The molecule has 6 nitrogen and oxygen atoms in total. The Balaban J connectivity index is 1.78. The van der Waals surface area contributed by atoms with Crippen molar-refractivity contribution in [1.29, 1.82) is 0 Å². The van der Waals surface area contributed by atoms with Crippen LogP contribution in [0.25, 0.3) is 22.0 Å². The molecular formula is C19H19FN4O2. The fourth-order valence-corrected chi connectivity index (χ4v) is 3.46. The number of fused-ring (bicyclic) bond motifs is 1. The third-order valence-corrected chi connectivity index (χ3v) is 4.85. The quantitative estimate of drug-likeness (QED) is 0.669. The molecule has 1 fully saturated rings. The van der Waals surface area contributed by atoms with Crippen LogP contribution in [0.2, 0.25) is 0 Å². The Morgan fingerprint density at radius 2 is 1.92 bits per heavy atom. The van der Waals surface area contributed by atoms with Gasteiger partial charge in [-0.2, -0.15) is 0 Å². The lowest BCUT2D eigenvalue weighted by molar-refractivity contribution is 0.116. The number of nitrogens with one attached hydrogen (secondary N) is 1. The van der Waals surface area contributed by atoms with E-state index in [0.717, 1.165) is 42.5 Å². The lowest BCUT2D eigenvalue weighted by atomic mass is 9.92. The standard InChI is InChI=1S/C19H19FN4O2/c20-11-5-6-13(17(26)9-11)18-12-7-8-21-10-14(12)19(24-23-18)22-15-3-1-2-4-16(15)25/h5-10,15-16,25-26H,1-4H2,(H,22,24)/t15?,16-/m1/s1. The van der Waals surface area contributed by atoms with Crippen LogP contribution in [0.1, 0.15) is 25.7 Å². The second-order valence-corrected chi connectivity index (χ2v) is 6.58. The summed E-state index contributed by atoms with van der Waals surface area (Å²) in [4.78, 5) is 4.16. The number of phenolic OH excluding ortho intramolecular Hbond substituents is 1. The van der Waals surface area contributed by atoms with Crippen LogP contribution < -0.4 is 5.32 Å². The summed E-state index contributed by atoms with van der Waals surface area (Å²) in [5, 5.41) is 33.6. The molecule has 0 radical (unpaired) electrons. The second kappa shape index (κ2) is 6.84. The first-order valence-electron chi connectivity index (χ1n) is 8.67. The molecule has 2 aromatic heterocycles. The van der Waals surface area contributed by atoms with Gasteiger partial charge in [0.2, 0.25) is 0 Å². The molecule has 0 aliphatic heterocycles. The van der Waals surface area contributed by atoms with Gasteiger partial charge in [-0.15, -0.1) is 10.2 Å². The van der Waals surface area contributed by atoms with Gasteiger partial charge in [-0.1, -0.05) is 12.8 Å². The number of aliphatic hydroxyl groups excluding tert-OH is 1. The van der Waals surface area contributed by atoms with E-state index in [1.807, 2.05) is 0 Å².